The molecule has 1 aromatic carbocycles. The summed E-state index contributed by atoms with van der Waals surface area (Å²) in [7, 11) is 3.33. The second-order valence-corrected chi connectivity index (χ2v) is 9.19. The van der Waals surface area contributed by atoms with Gasteiger partial charge in [0, 0.05) is 38.6 Å². The Balaban J connectivity index is 1.26. The number of methoxy groups -OCH3 is 2. The van der Waals surface area contributed by atoms with E-state index in [4.69, 9.17) is 18.9 Å². The number of rotatable bonds is 6. The summed E-state index contributed by atoms with van der Waals surface area (Å²) in [5.74, 6) is 0.314. The fraction of sp³-hybridized carbons (Fsp3) is 0.462. The lowest BCUT2D eigenvalue weighted by molar-refractivity contribution is -0.281. The number of ether oxygens (including phenoxy) is 4. The highest BCUT2D eigenvalue weighted by Crippen LogP contribution is 2.33. The SMILES string of the molecule is COC1C[C@@H](OC)[C@H](OC2Cc3ccc(-c4ccn(-c5ccc(C(F)(F)F)cn5)n4)cc3C2)O[C@H]1C. The van der Waals surface area contributed by atoms with Crippen LogP contribution in [0.4, 0.5) is 13.2 Å². The Morgan fingerprint density at radius 3 is 2.47 bits per heavy atom. The molecule has 2 aliphatic rings. The first-order chi connectivity index (χ1) is 17.2. The van der Waals surface area contributed by atoms with Gasteiger partial charge in [-0.1, -0.05) is 12.1 Å². The van der Waals surface area contributed by atoms with Gasteiger partial charge in [-0.3, -0.25) is 0 Å². The monoisotopic (exact) mass is 503 g/mol. The summed E-state index contributed by atoms with van der Waals surface area (Å²) in [4.78, 5) is 3.91. The molecule has 0 saturated carbocycles. The number of hydrogen-bond acceptors (Lipinski definition) is 6. The second-order valence-electron chi connectivity index (χ2n) is 9.19. The number of aromatic nitrogens is 3. The molecule has 36 heavy (non-hydrogen) atoms. The lowest BCUT2D eigenvalue weighted by Gasteiger charge is -2.39. The minimum atomic E-state index is -4.43. The molecule has 1 aliphatic carbocycles. The van der Waals surface area contributed by atoms with Crippen molar-refractivity contribution in [1.29, 1.82) is 0 Å². The predicted octanol–water partition coefficient (Wildman–Crippen LogP) is 4.60. The molecule has 10 heteroatoms. The van der Waals surface area contributed by atoms with Gasteiger partial charge in [0.2, 0.25) is 0 Å². The van der Waals surface area contributed by atoms with Crippen molar-refractivity contribution >= 4 is 0 Å². The standard InChI is InChI=1S/C26H28F3N3O4/c1-15-22(33-2)13-23(34-3)25(35-15)36-20-11-16-4-5-17(10-18(16)12-20)21-8-9-32(31-21)24-7-6-19(14-30-24)26(27,28)29/h4-10,14-15,20,22-23,25H,11-13H2,1-3H3/t15-,20?,22?,23+,25-/m0/s1. The van der Waals surface area contributed by atoms with Gasteiger partial charge in [0.25, 0.3) is 0 Å². The zero-order valence-corrected chi connectivity index (χ0v) is 20.2. The molecule has 7 nitrogen and oxygen atoms in total. The average molecular weight is 504 g/mol. The Labute approximate surface area is 207 Å². The van der Waals surface area contributed by atoms with Gasteiger partial charge in [-0.2, -0.15) is 18.3 Å². The van der Waals surface area contributed by atoms with E-state index in [-0.39, 0.29) is 24.4 Å². The fourth-order valence-corrected chi connectivity index (χ4v) is 4.85. The van der Waals surface area contributed by atoms with Gasteiger partial charge in [-0.25, -0.2) is 9.67 Å². The maximum atomic E-state index is 12.8. The molecule has 1 fully saturated rings. The van der Waals surface area contributed by atoms with Crippen molar-refractivity contribution < 1.29 is 32.1 Å². The lowest BCUT2D eigenvalue weighted by atomic mass is 10.0. The van der Waals surface area contributed by atoms with Gasteiger partial charge in [-0.15, -0.1) is 0 Å². The number of benzene rings is 1. The molecule has 3 aromatic rings. The quantitative estimate of drug-likeness (QED) is 0.490. The number of halogens is 3. The van der Waals surface area contributed by atoms with Gasteiger partial charge in [0.15, 0.2) is 12.1 Å². The number of pyridine rings is 1. The zero-order chi connectivity index (χ0) is 25.4. The number of nitrogens with zero attached hydrogens (tertiary/aromatic N) is 3. The van der Waals surface area contributed by atoms with E-state index >= 15 is 0 Å². The highest BCUT2D eigenvalue weighted by atomic mass is 19.4. The van der Waals surface area contributed by atoms with Crippen LogP contribution in [0.1, 0.15) is 30.0 Å². The van der Waals surface area contributed by atoms with Crippen molar-refractivity contribution in [3.05, 3.63) is 65.5 Å². The van der Waals surface area contributed by atoms with E-state index in [0.717, 1.165) is 30.7 Å². The third-order valence-electron chi connectivity index (χ3n) is 6.87. The van der Waals surface area contributed by atoms with E-state index < -0.39 is 18.0 Å². The van der Waals surface area contributed by atoms with Crippen molar-refractivity contribution in [2.45, 2.75) is 63.1 Å². The normalized spacial score (nSPS) is 26.2. The van der Waals surface area contributed by atoms with Gasteiger partial charge in [-0.05, 0) is 55.2 Å². The van der Waals surface area contributed by atoms with E-state index in [1.807, 2.05) is 19.1 Å². The molecule has 0 radical (unpaired) electrons. The Morgan fingerprint density at radius 2 is 1.78 bits per heavy atom. The predicted molar refractivity (Wildman–Crippen MR) is 125 cm³/mol. The van der Waals surface area contributed by atoms with Gasteiger partial charge in [0.1, 0.15) is 6.10 Å². The van der Waals surface area contributed by atoms with Crippen LogP contribution in [0.3, 0.4) is 0 Å². The van der Waals surface area contributed by atoms with Crippen LogP contribution in [0, 0.1) is 0 Å². The fourth-order valence-electron chi connectivity index (χ4n) is 4.85. The van der Waals surface area contributed by atoms with Crippen LogP contribution in [-0.2, 0) is 38.0 Å². The molecule has 5 rings (SSSR count). The summed E-state index contributed by atoms with van der Waals surface area (Å²) in [6, 6.07) is 10.3. The molecule has 3 heterocycles. The summed E-state index contributed by atoms with van der Waals surface area (Å²) >= 11 is 0. The van der Waals surface area contributed by atoms with Crippen LogP contribution in [0.5, 0.6) is 0 Å². The minimum Gasteiger partial charge on any atom is -0.379 e. The zero-order valence-electron chi connectivity index (χ0n) is 20.2. The van der Waals surface area contributed by atoms with Crippen LogP contribution < -0.4 is 0 Å². The smallest absolute Gasteiger partial charge is 0.379 e. The molecular weight excluding hydrogens is 475 g/mol. The maximum Gasteiger partial charge on any atom is 0.417 e. The lowest BCUT2D eigenvalue weighted by Crippen LogP contribution is -2.49. The molecule has 2 aromatic heterocycles. The van der Waals surface area contributed by atoms with Crippen molar-refractivity contribution in [3.8, 4) is 17.1 Å². The maximum absolute atomic E-state index is 12.8. The summed E-state index contributed by atoms with van der Waals surface area (Å²) in [5, 5.41) is 4.52. The van der Waals surface area contributed by atoms with Gasteiger partial charge < -0.3 is 18.9 Å². The molecule has 2 unspecified atom stereocenters. The molecule has 1 saturated heterocycles. The average Bonchev–Trinajstić information content (AvgIpc) is 3.50. The molecule has 192 valence electrons. The first-order valence-electron chi connectivity index (χ1n) is 11.8. The van der Waals surface area contributed by atoms with E-state index in [2.05, 4.69) is 22.2 Å². The molecule has 0 bridgehead atoms. The Kier molecular flexibility index (Phi) is 6.86. The molecule has 0 spiro atoms. The molecular formula is C26H28F3N3O4. The largest absolute Gasteiger partial charge is 0.417 e. The Bertz CT molecular complexity index is 1200. The first kappa shape index (κ1) is 24.9. The Morgan fingerprint density at radius 1 is 1.00 bits per heavy atom. The number of hydrogen-bond donors (Lipinski definition) is 0. The van der Waals surface area contributed by atoms with E-state index in [9.17, 15) is 13.2 Å². The van der Waals surface area contributed by atoms with Gasteiger partial charge in [0.05, 0.1) is 29.6 Å². The van der Waals surface area contributed by atoms with Crippen LogP contribution in [0.2, 0.25) is 0 Å². The molecule has 5 atom stereocenters. The van der Waals surface area contributed by atoms with Crippen LogP contribution in [0.15, 0.2) is 48.8 Å². The van der Waals surface area contributed by atoms with Gasteiger partial charge >= 0.3 is 6.18 Å². The molecule has 1 aliphatic heterocycles. The van der Waals surface area contributed by atoms with Crippen LogP contribution in [0.25, 0.3) is 17.1 Å². The summed E-state index contributed by atoms with van der Waals surface area (Å²) in [6.07, 6.45) is -0.513. The highest BCUT2D eigenvalue weighted by molar-refractivity contribution is 5.61. The number of fused-ring (bicyclic) bond motifs is 1. The summed E-state index contributed by atoms with van der Waals surface area (Å²) < 4.78 is 63.4. The number of alkyl halides is 3. The van der Waals surface area contributed by atoms with E-state index in [0.29, 0.717) is 17.9 Å². The molecule has 0 amide bonds. The second kappa shape index (κ2) is 9.93. The topological polar surface area (TPSA) is 67.6 Å². The summed E-state index contributed by atoms with van der Waals surface area (Å²) in [6.45, 7) is 1.98. The third kappa shape index (κ3) is 5.04. The molecule has 0 N–H and O–H groups in total. The van der Waals surface area contributed by atoms with E-state index in [1.54, 1.807) is 20.4 Å². The van der Waals surface area contributed by atoms with Crippen LogP contribution in [-0.4, -0.2) is 59.7 Å². The minimum absolute atomic E-state index is 0.0295. The van der Waals surface area contributed by atoms with Crippen LogP contribution >= 0.6 is 0 Å². The Hall–Kier alpha value is -2.79. The third-order valence-corrected chi connectivity index (χ3v) is 6.87. The van der Waals surface area contributed by atoms with Crippen molar-refractivity contribution in [2.24, 2.45) is 0 Å². The van der Waals surface area contributed by atoms with Crippen molar-refractivity contribution in [2.75, 3.05) is 14.2 Å². The van der Waals surface area contributed by atoms with E-state index in [1.165, 1.54) is 21.9 Å². The highest BCUT2D eigenvalue weighted by Gasteiger charge is 2.39. The first-order valence-corrected chi connectivity index (χ1v) is 11.8. The summed E-state index contributed by atoms with van der Waals surface area (Å²) in [5.41, 5.74) is 3.21. The van der Waals surface area contributed by atoms with Crippen molar-refractivity contribution in [1.82, 2.24) is 14.8 Å². The van der Waals surface area contributed by atoms with Crippen molar-refractivity contribution in [3.63, 3.8) is 0 Å².